The lowest BCUT2D eigenvalue weighted by atomic mass is 10.2. The normalized spacial score (nSPS) is 11.2. The molecule has 0 saturated carbocycles. The maximum absolute atomic E-state index is 5.71. The summed E-state index contributed by atoms with van der Waals surface area (Å²) in [5.74, 6) is 1.60. The van der Waals surface area contributed by atoms with Gasteiger partial charge in [-0.25, -0.2) is 0 Å². The van der Waals surface area contributed by atoms with Crippen LogP contribution in [0.3, 0.4) is 0 Å². The molecule has 0 aliphatic rings. The van der Waals surface area contributed by atoms with E-state index in [1.807, 2.05) is 26.0 Å². The zero-order valence-corrected chi connectivity index (χ0v) is 13.4. The molecule has 0 aliphatic carbocycles. The lowest BCUT2D eigenvalue weighted by molar-refractivity contribution is 0.230. The highest BCUT2D eigenvalue weighted by Crippen LogP contribution is 2.28. The second-order valence-electron chi connectivity index (χ2n) is 5.49. The number of hydrogen-bond donors (Lipinski definition) is 1. The molecule has 0 unspecified atom stereocenters. The Kier molecular flexibility index (Phi) is 7.41. The molecular weight excluding hydrogens is 252 g/mol. The third-order valence-electron chi connectivity index (χ3n) is 2.88. The van der Waals surface area contributed by atoms with Crippen molar-refractivity contribution in [3.63, 3.8) is 0 Å². The quantitative estimate of drug-likeness (QED) is 0.705. The fourth-order valence-electron chi connectivity index (χ4n) is 1.93. The minimum atomic E-state index is 0.152. The largest absolute Gasteiger partial charge is 0.493 e. The molecule has 0 heterocycles. The first-order chi connectivity index (χ1) is 9.52. The van der Waals surface area contributed by atoms with Gasteiger partial charge in [0.15, 0.2) is 11.5 Å². The van der Waals surface area contributed by atoms with E-state index in [1.54, 1.807) is 7.11 Å². The Morgan fingerprint density at radius 2 is 1.95 bits per heavy atom. The van der Waals surface area contributed by atoms with Crippen LogP contribution in [0.25, 0.3) is 0 Å². The Morgan fingerprint density at radius 1 is 1.20 bits per heavy atom. The average molecular weight is 280 g/mol. The zero-order valence-electron chi connectivity index (χ0n) is 13.4. The second kappa shape index (κ2) is 8.82. The van der Waals surface area contributed by atoms with Gasteiger partial charge in [-0.2, -0.15) is 0 Å². The van der Waals surface area contributed by atoms with E-state index in [9.17, 15) is 0 Å². The van der Waals surface area contributed by atoms with Crippen molar-refractivity contribution < 1.29 is 9.47 Å². The van der Waals surface area contributed by atoms with Crippen molar-refractivity contribution >= 4 is 0 Å². The van der Waals surface area contributed by atoms with Gasteiger partial charge in [-0.05, 0) is 65.1 Å². The summed E-state index contributed by atoms with van der Waals surface area (Å²) < 4.78 is 11.1. The summed E-state index contributed by atoms with van der Waals surface area (Å²) in [6.07, 6.45) is 1.30. The highest BCUT2D eigenvalue weighted by atomic mass is 16.5. The first kappa shape index (κ1) is 16.8. The van der Waals surface area contributed by atoms with Crippen LogP contribution in [0.4, 0.5) is 0 Å². The summed E-state index contributed by atoms with van der Waals surface area (Å²) in [7, 11) is 5.87. The molecular formula is C16H28N2O2. The van der Waals surface area contributed by atoms with Gasteiger partial charge in [0.25, 0.3) is 0 Å². The molecule has 114 valence electrons. The summed E-state index contributed by atoms with van der Waals surface area (Å²) in [4.78, 5) is 2.20. The number of ether oxygens (including phenoxy) is 2. The van der Waals surface area contributed by atoms with Gasteiger partial charge in [-0.1, -0.05) is 6.07 Å². The average Bonchev–Trinajstić information content (AvgIpc) is 2.38. The van der Waals surface area contributed by atoms with Gasteiger partial charge < -0.3 is 19.7 Å². The molecule has 0 aromatic heterocycles. The van der Waals surface area contributed by atoms with E-state index < -0.39 is 0 Å². The highest BCUT2D eigenvalue weighted by Gasteiger charge is 2.07. The number of methoxy groups -OCH3 is 1. The highest BCUT2D eigenvalue weighted by molar-refractivity contribution is 5.43. The Balaban J connectivity index is 2.47. The van der Waals surface area contributed by atoms with Crippen molar-refractivity contribution in [2.75, 3.05) is 34.3 Å². The molecule has 1 aromatic carbocycles. The van der Waals surface area contributed by atoms with E-state index >= 15 is 0 Å². The van der Waals surface area contributed by atoms with Crippen molar-refractivity contribution in [3.05, 3.63) is 23.8 Å². The maximum atomic E-state index is 5.71. The third kappa shape index (κ3) is 6.26. The lowest BCUT2D eigenvalue weighted by Crippen LogP contribution is -2.21. The molecule has 0 spiro atoms. The van der Waals surface area contributed by atoms with Gasteiger partial charge in [0.05, 0.1) is 13.2 Å². The van der Waals surface area contributed by atoms with Gasteiger partial charge >= 0.3 is 0 Å². The van der Waals surface area contributed by atoms with Crippen LogP contribution >= 0.6 is 0 Å². The summed E-state index contributed by atoms with van der Waals surface area (Å²) in [5.41, 5.74) is 1.21. The molecule has 0 fully saturated rings. The van der Waals surface area contributed by atoms with E-state index in [0.717, 1.165) is 37.6 Å². The van der Waals surface area contributed by atoms with Crippen molar-refractivity contribution in [2.24, 2.45) is 0 Å². The first-order valence-electron chi connectivity index (χ1n) is 7.22. The van der Waals surface area contributed by atoms with Gasteiger partial charge in [0.1, 0.15) is 0 Å². The molecule has 4 nitrogen and oxygen atoms in total. The van der Waals surface area contributed by atoms with Crippen molar-refractivity contribution in [1.29, 1.82) is 0 Å². The molecule has 20 heavy (non-hydrogen) atoms. The standard InChI is InChI=1S/C16H28N2O2/c1-13(2)20-15-8-7-14(11-16(15)19-5)12-17-9-6-10-18(3)4/h7-8,11,13,17H,6,9-10,12H2,1-5H3. The topological polar surface area (TPSA) is 33.7 Å². The van der Waals surface area contributed by atoms with Crippen LogP contribution in [-0.4, -0.2) is 45.3 Å². The van der Waals surface area contributed by atoms with Crippen LogP contribution in [0, 0.1) is 0 Å². The Hall–Kier alpha value is -1.26. The zero-order chi connectivity index (χ0) is 15.0. The number of rotatable bonds is 9. The van der Waals surface area contributed by atoms with Crippen LogP contribution < -0.4 is 14.8 Å². The number of hydrogen-bond acceptors (Lipinski definition) is 4. The van der Waals surface area contributed by atoms with E-state index in [-0.39, 0.29) is 6.10 Å². The summed E-state index contributed by atoms with van der Waals surface area (Å²) in [5, 5.41) is 3.45. The summed E-state index contributed by atoms with van der Waals surface area (Å²) in [6.45, 7) is 7.01. The third-order valence-corrected chi connectivity index (χ3v) is 2.88. The molecule has 4 heteroatoms. The number of nitrogens with one attached hydrogen (secondary N) is 1. The Bertz CT molecular complexity index is 392. The molecule has 0 saturated heterocycles. The lowest BCUT2D eigenvalue weighted by Gasteiger charge is -2.15. The molecule has 0 atom stereocenters. The Morgan fingerprint density at radius 3 is 2.55 bits per heavy atom. The van der Waals surface area contributed by atoms with Gasteiger partial charge in [0, 0.05) is 6.54 Å². The first-order valence-corrected chi connectivity index (χ1v) is 7.22. The van der Waals surface area contributed by atoms with Crippen molar-refractivity contribution in [3.8, 4) is 11.5 Å². The fourth-order valence-corrected chi connectivity index (χ4v) is 1.93. The predicted octanol–water partition coefficient (Wildman–Crippen LogP) is 2.52. The molecule has 0 amide bonds. The van der Waals surface area contributed by atoms with E-state index in [0.29, 0.717) is 0 Å². The van der Waals surface area contributed by atoms with Crippen LogP contribution in [0.5, 0.6) is 11.5 Å². The van der Waals surface area contributed by atoms with Crippen LogP contribution in [-0.2, 0) is 6.54 Å². The predicted molar refractivity (Wildman–Crippen MR) is 83.6 cm³/mol. The summed E-state index contributed by atoms with van der Waals surface area (Å²) in [6, 6.07) is 6.10. The van der Waals surface area contributed by atoms with Crippen LogP contribution in [0.1, 0.15) is 25.8 Å². The van der Waals surface area contributed by atoms with Crippen LogP contribution in [0.15, 0.2) is 18.2 Å². The SMILES string of the molecule is COc1cc(CNCCCN(C)C)ccc1OC(C)C. The fraction of sp³-hybridized carbons (Fsp3) is 0.625. The molecule has 1 rings (SSSR count). The minimum absolute atomic E-state index is 0.152. The Labute approximate surface area is 123 Å². The van der Waals surface area contributed by atoms with Gasteiger partial charge in [-0.15, -0.1) is 0 Å². The second-order valence-corrected chi connectivity index (χ2v) is 5.49. The number of nitrogens with zero attached hydrogens (tertiary/aromatic N) is 1. The molecule has 0 bridgehead atoms. The molecule has 1 aromatic rings. The van der Waals surface area contributed by atoms with Gasteiger partial charge in [0.2, 0.25) is 0 Å². The molecule has 0 radical (unpaired) electrons. The van der Waals surface area contributed by atoms with Crippen LogP contribution in [0.2, 0.25) is 0 Å². The smallest absolute Gasteiger partial charge is 0.161 e. The summed E-state index contributed by atoms with van der Waals surface area (Å²) >= 11 is 0. The monoisotopic (exact) mass is 280 g/mol. The van der Waals surface area contributed by atoms with Gasteiger partial charge in [-0.3, -0.25) is 0 Å². The molecule has 0 aliphatic heterocycles. The van der Waals surface area contributed by atoms with E-state index in [1.165, 1.54) is 5.56 Å². The van der Waals surface area contributed by atoms with E-state index in [2.05, 4.69) is 30.4 Å². The molecule has 1 N–H and O–H groups in total. The maximum Gasteiger partial charge on any atom is 0.161 e. The van der Waals surface area contributed by atoms with Crippen molar-refractivity contribution in [1.82, 2.24) is 10.2 Å². The van der Waals surface area contributed by atoms with E-state index in [4.69, 9.17) is 9.47 Å². The number of benzene rings is 1. The van der Waals surface area contributed by atoms with Crippen molar-refractivity contribution in [2.45, 2.75) is 32.9 Å². The minimum Gasteiger partial charge on any atom is -0.493 e.